The van der Waals surface area contributed by atoms with Gasteiger partial charge in [0, 0.05) is 0 Å². The second-order valence-electron chi connectivity index (χ2n) is 1.35. The molecule has 6 N–H and O–H groups in total. The molecule has 0 heterocycles. The average Bonchev–Trinajstić information content (AvgIpc) is 2.52. The molecule has 0 saturated heterocycles. The van der Waals surface area contributed by atoms with Crippen LogP contribution in [0.3, 0.4) is 0 Å². The van der Waals surface area contributed by atoms with Gasteiger partial charge >= 0.3 is 0 Å². The van der Waals surface area contributed by atoms with Crippen molar-refractivity contribution >= 4 is 0 Å². The van der Waals surface area contributed by atoms with Crippen LogP contribution in [0.1, 0.15) is 40.5 Å². The van der Waals surface area contributed by atoms with Crippen LogP contribution in [0.15, 0.2) is 0 Å². The van der Waals surface area contributed by atoms with E-state index in [9.17, 15) is 0 Å². The van der Waals surface area contributed by atoms with Crippen molar-refractivity contribution in [1.29, 1.82) is 33.6 Å². The third-order valence-electron chi connectivity index (χ3n) is 0.707. The summed E-state index contributed by atoms with van der Waals surface area (Å²) in [4.78, 5) is 45.0. The molecule has 0 bridgehead atoms. The SMILES string of the molecule is C.CCCCC.N=O.N=O.N=O.N=O.N=O.N=O. The van der Waals surface area contributed by atoms with Crippen molar-refractivity contribution < 1.29 is 0 Å². The Morgan fingerprint density at radius 1 is 0.500 bits per heavy atom. The molecule has 0 amide bonds. The van der Waals surface area contributed by atoms with Gasteiger partial charge in [-0.3, -0.25) is 0 Å². The molecule has 0 fully saturated rings. The van der Waals surface area contributed by atoms with Gasteiger partial charge in [-0.25, -0.2) is 0 Å². The summed E-state index contributed by atoms with van der Waals surface area (Å²) in [6.07, 6.45) is 4.08. The first-order valence-corrected chi connectivity index (χ1v) is 3.64. The molecule has 0 radical (unpaired) electrons. The zero-order chi connectivity index (χ0) is 16.1. The first-order valence-electron chi connectivity index (χ1n) is 3.64. The zero-order valence-electron chi connectivity index (χ0n) is 9.57. The number of hydrogen-bond donors (Lipinski definition) is 6. The first-order chi connectivity index (χ1) is 8.41. The monoisotopic (exact) mass is 274 g/mol. The Labute approximate surface area is 105 Å². The van der Waals surface area contributed by atoms with Crippen molar-refractivity contribution in [2.45, 2.75) is 40.5 Å². The van der Waals surface area contributed by atoms with Crippen molar-refractivity contribution in [2.75, 3.05) is 0 Å². The molecule has 0 aromatic rings. The lowest BCUT2D eigenvalue weighted by molar-refractivity contribution is 0.772. The van der Waals surface area contributed by atoms with Crippen molar-refractivity contribution in [3.05, 3.63) is 29.4 Å². The van der Waals surface area contributed by atoms with E-state index in [4.69, 9.17) is 29.4 Å². The molecule has 0 aliphatic carbocycles. The highest BCUT2D eigenvalue weighted by atomic mass is 16.2. The smallest absolute Gasteiger partial charge is 0.0538 e. The molecule has 0 aromatic carbocycles. The summed E-state index contributed by atoms with van der Waals surface area (Å²) in [6, 6.07) is 0. The summed E-state index contributed by atoms with van der Waals surface area (Å²) >= 11 is 0. The van der Waals surface area contributed by atoms with Crippen LogP contribution in [0.25, 0.3) is 0 Å². The van der Waals surface area contributed by atoms with Crippen molar-refractivity contribution in [1.82, 2.24) is 0 Å². The summed E-state index contributed by atoms with van der Waals surface area (Å²) in [5.41, 5.74) is 27.0. The number of hydrogen-bond acceptors (Lipinski definition) is 12. The van der Waals surface area contributed by atoms with Crippen LogP contribution in [-0.4, -0.2) is 0 Å². The summed E-state index contributed by atoms with van der Waals surface area (Å²) in [5.74, 6) is 0. The summed E-state index contributed by atoms with van der Waals surface area (Å²) < 4.78 is 0. The molecule has 0 unspecified atom stereocenters. The van der Waals surface area contributed by atoms with E-state index >= 15 is 0 Å². The van der Waals surface area contributed by atoms with E-state index in [1.54, 1.807) is 0 Å². The number of nitroso groups, excluding NO2 is 6. The van der Waals surface area contributed by atoms with Gasteiger partial charge in [0.05, 0.1) is 0 Å². The fraction of sp³-hybridized carbons (Fsp3) is 1.00. The second kappa shape index (κ2) is 7500. The number of unbranched alkanes of at least 4 members (excludes halogenated alkanes) is 2. The van der Waals surface area contributed by atoms with Gasteiger partial charge in [0.25, 0.3) is 0 Å². The molecule has 0 atom stereocenters. The Bertz CT molecular complexity index is 68.1. The van der Waals surface area contributed by atoms with Gasteiger partial charge in [0.15, 0.2) is 0 Å². The molecule has 12 heteroatoms. The van der Waals surface area contributed by atoms with Crippen LogP contribution < -0.4 is 0 Å². The van der Waals surface area contributed by atoms with E-state index < -0.39 is 0 Å². The third kappa shape index (κ3) is 13500. The van der Waals surface area contributed by atoms with E-state index in [-0.39, 0.29) is 7.43 Å². The van der Waals surface area contributed by atoms with E-state index in [1.165, 1.54) is 19.3 Å². The number of nitrogens with one attached hydrogen (secondary N) is 6. The molecule has 12 nitrogen and oxygen atoms in total. The number of rotatable bonds is 2. The lowest BCUT2D eigenvalue weighted by Crippen LogP contribution is -1.59. The normalized spacial score (nSPS) is 3.67. The Hall–Kier alpha value is -2.40. The fourth-order valence-electron chi connectivity index (χ4n) is 0.354. The van der Waals surface area contributed by atoms with Gasteiger partial charge < -0.3 is 0 Å². The first kappa shape index (κ1) is 57.6. The highest BCUT2D eigenvalue weighted by Gasteiger charge is 1.68. The van der Waals surface area contributed by atoms with E-state index in [0.29, 0.717) is 0 Å². The van der Waals surface area contributed by atoms with Crippen LogP contribution in [0, 0.1) is 63.0 Å². The van der Waals surface area contributed by atoms with Crippen LogP contribution in [0.5, 0.6) is 0 Å². The topological polar surface area (TPSA) is 246 Å². The van der Waals surface area contributed by atoms with Crippen LogP contribution >= 0.6 is 0 Å². The molecule has 0 rings (SSSR count). The minimum absolute atomic E-state index is 0. The van der Waals surface area contributed by atoms with Gasteiger partial charge in [0.2, 0.25) is 0 Å². The fourth-order valence-corrected chi connectivity index (χ4v) is 0.354. The van der Waals surface area contributed by atoms with Gasteiger partial charge in [-0.1, -0.05) is 74.1 Å². The highest BCUT2D eigenvalue weighted by molar-refractivity contribution is 4.24. The van der Waals surface area contributed by atoms with Gasteiger partial charge in [-0.2, -0.15) is 29.4 Å². The maximum atomic E-state index is 7.50. The Morgan fingerprint density at radius 2 is 0.611 bits per heavy atom. The van der Waals surface area contributed by atoms with Gasteiger partial charge in [-0.15, -0.1) is 0 Å². The van der Waals surface area contributed by atoms with E-state index in [0.717, 1.165) is 0 Å². The van der Waals surface area contributed by atoms with Crippen molar-refractivity contribution in [3.8, 4) is 0 Å². The van der Waals surface area contributed by atoms with Crippen LogP contribution in [0.4, 0.5) is 0 Å². The average molecular weight is 274 g/mol. The van der Waals surface area contributed by atoms with Crippen LogP contribution in [-0.2, 0) is 0 Å². The van der Waals surface area contributed by atoms with Gasteiger partial charge in [0.1, 0.15) is 0 Å². The molecular formula is C6H22N6O6. The Balaban J connectivity index is -0.0000000114. The molecule has 0 aliphatic rings. The predicted octanol–water partition coefficient (Wildman–Crippen LogP) is 4.82. The Morgan fingerprint density at radius 3 is 0.611 bits per heavy atom. The molecule has 0 aromatic heterocycles. The maximum Gasteiger partial charge on any atom is -0.0538 e. The standard InChI is InChI=1S/C5H12.CH4.6HNO/c1-3-5-4-2;;6*1-2/h3-5H2,1-2H3;1H4;6*1H. The predicted molar refractivity (Wildman–Crippen MR) is 68.5 cm³/mol. The summed E-state index contributed by atoms with van der Waals surface area (Å²) in [5, 5.41) is 0. The Kier molecular flexibility index (Phi) is 24000. The second-order valence-corrected chi connectivity index (χ2v) is 1.35. The quantitative estimate of drug-likeness (QED) is 0.384. The zero-order valence-corrected chi connectivity index (χ0v) is 9.57. The summed E-state index contributed by atoms with van der Waals surface area (Å²) in [6.45, 7) is 4.42. The molecule has 0 saturated carbocycles. The minimum atomic E-state index is 0. The highest BCUT2D eigenvalue weighted by Crippen LogP contribution is 1.88. The van der Waals surface area contributed by atoms with Crippen molar-refractivity contribution in [3.63, 3.8) is 0 Å². The summed E-state index contributed by atoms with van der Waals surface area (Å²) in [7, 11) is 0. The minimum Gasteiger partial charge on any atom is -0.154 e. The van der Waals surface area contributed by atoms with Gasteiger partial charge in [-0.05, 0) is 0 Å². The van der Waals surface area contributed by atoms with E-state index in [2.05, 4.69) is 47.4 Å². The maximum absolute atomic E-state index is 7.50. The van der Waals surface area contributed by atoms with Crippen LogP contribution in [0.2, 0.25) is 0 Å². The molecule has 112 valence electrons. The largest absolute Gasteiger partial charge is 0.154 e. The molecule has 18 heavy (non-hydrogen) atoms. The molecular weight excluding hydrogens is 252 g/mol. The van der Waals surface area contributed by atoms with Crippen molar-refractivity contribution in [2.24, 2.45) is 0 Å². The molecule has 0 aliphatic heterocycles. The van der Waals surface area contributed by atoms with E-state index in [1.807, 2.05) is 0 Å². The lowest BCUT2D eigenvalue weighted by atomic mass is 10.3. The third-order valence-corrected chi connectivity index (χ3v) is 0.707. The lowest BCUT2D eigenvalue weighted by Gasteiger charge is -1.79. The molecule has 0 spiro atoms.